The van der Waals surface area contributed by atoms with E-state index in [0.717, 1.165) is 11.3 Å². The summed E-state index contributed by atoms with van der Waals surface area (Å²) in [6, 6.07) is 9.71. The van der Waals surface area contributed by atoms with Crippen LogP contribution in [0.1, 0.15) is 11.3 Å². The molecule has 20 heavy (non-hydrogen) atoms. The van der Waals surface area contributed by atoms with Gasteiger partial charge in [-0.3, -0.25) is 9.36 Å². The van der Waals surface area contributed by atoms with E-state index in [2.05, 4.69) is 4.98 Å². The van der Waals surface area contributed by atoms with E-state index < -0.39 is 0 Å². The molecule has 0 aliphatic carbocycles. The quantitative estimate of drug-likeness (QED) is 0.853. The summed E-state index contributed by atoms with van der Waals surface area (Å²) in [6.45, 7) is 4.65. The molecule has 0 bridgehead atoms. The smallest absolute Gasteiger partial charge is 0.299 e. The van der Waals surface area contributed by atoms with E-state index >= 15 is 0 Å². The number of hydrogen-bond donors (Lipinski definition) is 0. The zero-order valence-electron chi connectivity index (χ0n) is 11.5. The highest BCUT2D eigenvalue weighted by Gasteiger charge is 2.25. The van der Waals surface area contributed by atoms with Crippen LogP contribution in [0.2, 0.25) is 0 Å². The SMILES string of the molecule is Cc1cc(=O)n2c(n1)O[C@H](COc1ccccc1C)C2. The van der Waals surface area contributed by atoms with Gasteiger partial charge in [0.25, 0.3) is 11.6 Å². The average Bonchev–Trinajstić information content (AvgIpc) is 2.81. The Hall–Kier alpha value is -2.30. The summed E-state index contributed by atoms with van der Waals surface area (Å²) in [5.41, 5.74) is 1.67. The molecule has 3 rings (SSSR count). The second kappa shape index (κ2) is 5.00. The minimum Gasteiger partial charge on any atom is -0.489 e. The Morgan fingerprint density at radius 2 is 2.20 bits per heavy atom. The summed E-state index contributed by atoms with van der Waals surface area (Å²) >= 11 is 0. The van der Waals surface area contributed by atoms with E-state index in [9.17, 15) is 4.79 Å². The van der Waals surface area contributed by atoms with Gasteiger partial charge in [0.2, 0.25) is 0 Å². The van der Waals surface area contributed by atoms with E-state index in [0.29, 0.717) is 24.9 Å². The lowest BCUT2D eigenvalue weighted by Crippen LogP contribution is -2.25. The first kappa shape index (κ1) is 12.7. The molecule has 0 amide bonds. The largest absolute Gasteiger partial charge is 0.489 e. The first-order valence-corrected chi connectivity index (χ1v) is 6.57. The van der Waals surface area contributed by atoms with E-state index in [1.54, 1.807) is 11.5 Å². The standard InChI is InChI=1S/C15H16N2O3/c1-10-5-3-4-6-13(10)19-9-12-8-17-14(18)7-11(2)16-15(17)20-12/h3-7,12H,8-9H2,1-2H3/t12-/m0/s1. The van der Waals surface area contributed by atoms with Crippen molar-refractivity contribution >= 4 is 0 Å². The number of fused-ring (bicyclic) bond motifs is 1. The van der Waals surface area contributed by atoms with Crippen molar-refractivity contribution in [2.45, 2.75) is 26.5 Å². The van der Waals surface area contributed by atoms with Gasteiger partial charge in [-0.25, -0.2) is 4.98 Å². The maximum absolute atomic E-state index is 11.8. The summed E-state index contributed by atoms with van der Waals surface area (Å²) in [4.78, 5) is 16.0. The second-order valence-electron chi connectivity index (χ2n) is 4.95. The molecule has 0 unspecified atom stereocenters. The van der Waals surface area contributed by atoms with Crippen molar-refractivity contribution in [2.24, 2.45) is 0 Å². The van der Waals surface area contributed by atoms with Crippen LogP contribution in [0.15, 0.2) is 35.1 Å². The maximum Gasteiger partial charge on any atom is 0.299 e. The van der Waals surface area contributed by atoms with Gasteiger partial charge in [-0.2, -0.15) is 0 Å². The molecular formula is C15H16N2O3. The van der Waals surface area contributed by atoms with Crippen LogP contribution in [0.3, 0.4) is 0 Å². The molecule has 104 valence electrons. The molecule has 0 N–H and O–H groups in total. The molecule has 1 aromatic heterocycles. The molecule has 0 saturated heterocycles. The molecule has 1 aliphatic rings. The highest BCUT2D eigenvalue weighted by Crippen LogP contribution is 2.20. The van der Waals surface area contributed by atoms with Crippen molar-refractivity contribution in [3.05, 3.63) is 51.9 Å². The molecule has 2 heterocycles. The van der Waals surface area contributed by atoms with Crippen LogP contribution in [-0.2, 0) is 6.54 Å². The fraction of sp³-hybridized carbons (Fsp3) is 0.333. The van der Waals surface area contributed by atoms with Gasteiger partial charge in [-0.15, -0.1) is 0 Å². The molecule has 2 aromatic rings. The van der Waals surface area contributed by atoms with E-state index in [1.807, 2.05) is 31.2 Å². The number of aryl methyl sites for hydroxylation is 2. The van der Waals surface area contributed by atoms with Gasteiger partial charge in [0.1, 0.15) is 12.4 Å². The molecule has 0 fully saturated rings. The van der Waals surface area contributed by atoms with Gasteiger partial charge < -0.3 is 9.47 Å². The number of benzene rings is 1. The Balaban J connectivity index is 1.69. The monoisotopic (exact) mass is 272 g/mol. The number of hydrogen-bond acceptors (Lipinski definition) is 4. The summed E-state index contributed by atoms with van der Waals surface area (Å²) in [6.07, 6.45) is -0.184. The van der Waals surface area contributed by atoms with E-state index in [4.69, 9.17) is 9.47 Å². The molecule has 1 aromatic carbocycles. The molecule has 0 spiro atoms. The molecule has 0 radical (unpaired) electrons. The Morgan fingerprint density at radius 1 is 1.40 bits per heavy atom. The van der Waals surface area contributed by atoms with Gasteiger partial charge in [0, 0.05) is 11.8 Å². The highest BCUT2D eigenvalue weighted by molar-refractivity contribution is 5.31. The summed E-state index contributed by atoms with van der Waals surface area (Å²) in [5.74, 6) is 0.837. The van der Waals surface area contributed by atoms with Gasteiger partial charge >= 0.3 is 0 Å². The second-order valence-corrected chi connectivity index (χ2v) is 4.95. The van der Waals surface area contributed by atoms with Crippen molar-refractivity contribution in [3.63, 3.8) is 0 Å². The fourth-order valence-corrected chi connectivity index (χ4v) is 2.23. The van der Waals surface area contributed by atoms with Gasteiger partial charge in [0.15, 0.2) is 6.10 Å². The molecule has 5 nitrogen and oxygen atoms in total. The normalized spacial score (nSPS) is 16.6. The molecule has 1 aliphatic heterocycles. The fourth-order valence-electron chi connectivity index (χ4n) is 2.23. The van der Waals surface area contributed by atoms with Crippen molar-refractivity contribution in [2.75, 3.05) is 6.61 Å². The third-order valence-electron chi connectivity index (χ3n) is 3.28. The highest BCUT2D eigenvalue weighted by atomic mass is 16.6. The third-order valence-corrected chi connectivity index (χ3v) is 3.28. The third kappa shape index (κ3) is 2.39. The maximum atomic E-state index is 11.8. The summed E-state index contributed by atoms with van der Waals surface area (Å²) in [5, 5.41) is 0. The van der Waals surface area contributed by atoms with Crippen LogP contribution in [0.25, 0.3) is 0 Å². The zero-order valence-corrected chi connectivity index (χ0v) is 11.5. The van der Waals surface area contributed by atoms with Crippen molar-refractivity contribution in [3.8, 4) is 11.8 Å². The summed E-state index contributed by atoms with van der Waals surface area (Å²) in [7, 11) is 0. The van der Waals surface area contributed by atoms with Gasteiger partial charge in [-0.1, -0.05) is 18.2 Å². The molecule has 1 atom stereocenters. The Labute approximate surface area is 116 Å². The lowest BCUT2D eigenvalue weighted by Gasteiger charge is -2.12. The van der Waals surface area contributed by atoms with Crippen LogP contribution in [-0.4, -0.2) is 22.3 Å². The van der Waals surface area contributed by atoms with Crippen LogP contribution in [0, 0.1) is 13.8 Å². The molecule has 5 heteroatoms. The van der Waals surface area contributed by atoms with Crippen LogP contribution in [0.5, 0.6) is 11.8 Å². The number of nitrogens with zero attached hydrogens (tertiary/aromatic N) is 2. The first-order valence-electron chi connectivity index (χ1n) is 6.57. The summed E-state index contributed by atoms with van der Waals surface area (Å²) < 4.78 is 13.0. The number of para-hydroxylation sites is 1. The van der Waals surface area contributed by atoms with E-state index in [-0.39, 0.29) is 11.7 Å². The van der Waals surface area contributed by atoms with Crippen LogP contribution < -0.4 is 15.0 Å². The first-order chi connectivity index (χ1) is 9.63. The molecule has 0 saturated carbocycles. The molecular weight excluding hydrogens is 256 g/mol. The average molecular weight is 272 g/mol. The van der Waals surface area contributed by atoms with Crippen LogP contribution in [0.4, 0.5) is 0 Å². The Morgan fingerprint density at radius 3 is 3.00 bits per heavy atom. The minimum absolute atomic E-state index is 0.0779. The predicted octanol–water partition coefficient (Wildman–Crippen LogP) is 1.70. The van der Waals surface area contributed by atoms with E-state index in [1.165, 1.54) is 6.07 Å². The Bertz CT molecular complexity index is 694. The topological polar surface area (TPSA) is 53.4 Å². The van der Waals surface area contributed by atoms with Crippen molar-refractivity contribution in [1.29, 1.82) is 0 Å². The number of aromatic nitrogens is 2. The van der Waals surface area contributed by atoms with Gasteiger partial charge in [-0.05, 0) is 25.5 Å². The van der Waals surface area contributed by atoms with Crippen molar-refractivity contribution < 1.29 is 9.47 Å². The predicted molar refractivity (Wildman–Crippen MR) is 74.3 cm³/mol. The lowest BCUT2D eigenvalue weighted by molar-refractivity contribution is 0.143. The number of rotatable bonds is 3. The minimum atomic E-state index is -0.184. The van der Waals surface area contributed by atoms with Gasteiger partial charge in [0.05, 0.1) is 6.54 Å². The lowest BCUT2D eigenvalue weighted by atomic mass is 10.2. The van der Waals surface area contributed by atoms with Crippen LogP contribution >= 0.6 is 0 Å². The Kier molecular flexibility index (Phi) is 3.18. The zero-order chi connectivity index (χ0) is 14.1. The van der Waals surface area contributed by atoms with Crippen molar-refractivity contribution in [1.82, 2.24) is 9.55 Å². The number of ether oxygens (including phenoxy) is 2.